The summed E-state index contributed by atoms with van der Waals surface area (Å²) < 4.78 is 0. The summed E-state index contributed by atoms with van der Waals surface area (Å²) in [6.45, 7) is 2.91. The van der Waals surface area contributed by atoms with E-state index in [2.05, 4.69) is 34.5 Å². The van der Waals surface area contributed by atoms with E-state index in [1.165, 1.54) is 24.1 Å². The molecule has 0 saturated heterocycles. The minimum Gasteiger partial charge on any atom is -0.382 e. The van der Waals surface area contributed by atoms with Crippen molar-refractivity contribution in [3.63, 3.8) is 0 Å². The third kappa shape index (κ3) is 3.45. The van der Waals surface area contributed by atoms with Gasteiger partial charge in [-0.2, -0.15) is 0 Å². The van der Waals surface area contributed by atoms with Crippen LogP contribution >= 0.6 is 23.2 Å². The van der Waals surface area contributed by atoms with Crippen LogP contribution in [0.1, 0.15) is 12.0 Å². The zero-order valence-electron chi connectivity index (χ0n) is 11.8. The van der Waals surface area contributed by atoms with Gasteiger partial charge in [-0.25, -0.2) is 0 Å². The van der Waals surface area contributed by atoms with Crippen LogP contribution in [0.25, 0.3) is 0 Å². The highest BCUT2D eigenvalue weighted by atomic mass is 35.5. The first kappa shape index (κ1) is 14.6. The maximum atomic E-state index is 6.16. The second kappa shape index (κ2) is 6.59. The molecule has 0 unspecified atom stereocenters. The van der Waals surface area contributed by atoms with Gasteiger partial charge in [0.2, 0.25) is 0 Å². The molecule has 1 aliphatic heterocycles. The first-order valence-corrected chi connectivity index (χ1v) is 8.01. The van der Waals surface area contributed by atoms with Gasteiger partial charge in [0.15, 0.2) is 0 Å². The SMILES string of the molecule is Clc1ccc(Cl)c(NCCN2CCCc3ccccc32)c1. The average molecular weight is 321 g/mol. The zero-order valence-corrected chi connectivity index (χ0v) is 13.3. The number of nitrogens with one attached hydrogen (secondary N) is 1. The van der Waals surface area contributed by atoms with Crippen molar-refractivity contribution < 1.29 is 0 Å². The Labute approximate surface area is 135 Å². The van der Waals surface area contributed by atoms with Gasteiger partial charge in [-0.15, -0.1) is 0 Å². The Hall–Kier alpha value is -1.38. The summed E-state index contributed by atoms with van der Waals surface area (Å²) in [6.07, 6.45) is 2.40. The number of anilines is 2. The number of rotatable bonds is 4. The molecule has 0 radical (unpaired) electrons. The van der Waals surface area contributed by atoms with Crippen LogP contribution in [0.3, 0.4) is 0 Å². The summed E-state index contributed by atoms with van der Waals surface area (Å²) in [6, 6.07) is 14.2. The van der Waals surface area contributed by atoms with Crippen LogP contribution < -0.4 is 10.2 Å². The van der Waals surface area contributed by atoms with Crippen molar-refractivity contribution in [2.75, 3.05) is 29.9 Å². The number of hydrogen-bond acceptors (Lipinski definition) is 2. The maximum absolute atomic E-state index is 6.16. The van der Waals surface area contributed by atoms with Gasteiger partial charge < -0.3 is 10.2 Å². The smallest absolute Gasteiger partial charge is 0.0638 e. The van der Waals surface area contributed by atoms with Crippen LogP contribution in [-0.2, 0) is 6.42 Å². The zero-order chi connectivity index (χ0) is 14.7. The Morgan fingerprint density at radius 2 is 1.95 bits per heavy atom. The van der Waals surface area contributed by atoms with E-state index in [4.69, 9.17) is 23.2 Å². The molecule has 1 heterocycles. The number of benzene rings is 2. The molecule has 2 aromatic carbocycles. The van der Waals surface area contributed by atoms with Crippen molar-refractivity contribution in [1.82, 2.24) is 0 Å². The number of hydrogen-bond donors (Lipinski definition) is 1. The molecule has 3 rings (SSSR count). The second-order valence-electron chi connectivity index (χ2n) is 5.27. The number of para-hydroxylation sites is 1. The van der Waals surface area contributed by atoms with E-state index >= 15 is 0 Å². The largest absolute Gasteiger partial charge is 0.382 e. The molecule has 0 spiro atoms. The molecule has 1 aliphatic rings. The number of aryl methyl sites for hydroxylation is 1. The monoisotopic (exact) mass is 320 g/mol. The molecule has 0 atom stereocenters. The molecule has 110 valence electrons. The lowest BCUT2D eigenvalue weighted by Crippen LogP contribution is -2.33. The Kier molecular flexibility index (Phi) is 4.57. The van der Waals surface area contributed by atoms with Gasteiger partial charge in [0, 0.05) is 30.3 Å². The van der Waals surface area contributed by atoms with Gasteiger partial charge in [-0.05, 0) is 42.7 Å². The van der Waals surface area contributed by atoms with Crippen LogP contribution in [-0.4, -0.2) is 19.6 Å². The molecule has 0 bridgehead atoms. The summed E-state index contributed by atoms with van der Waals surface area (Å²) in [4.78, 5) is 2.43. The Bertz CT molecular complexity index is 628. The van der Waals surface area contributed by atoms with Crippen LogP contribution in [0, 0.1) is 0 Å². The fourth-order valence-electron chi connectivity index (χ4n) is 2.80. The van der Waals surface area contributed by atoms with E-state index < -0.39 is 0 Å². The minimum absolute atomic E-state index is 0.699. The second-order valence-corrected chi connectivity index (χ2v) is 6.11. The molecule has 2 aromatic rings. The van der Waals surface area contributed by atoms with Gasteiger partial charge in [0.25, 0.3) is 0 Å². The highest BCUT2D eigenvalue weighted by Crippen LogP contribution is 2.27. The van der Waals surface area contributed by atoms with E-state index in [-0.39, 0.29) is 0 Å². The maximum Gasteiger partial charge on any atom is 0.0638 e. The summed E-state index contributed by atoms with van der Waals surface area (Å²) >= 11 is 12.2. The standard InChI is InChI=1S/C17H18Cl2N2/c18-14-7-8-15(19)16(12-14)20-9-11-21-10-3-5-13-4-1-2-6-17(13)21/h1-2,4,6-8,12,20H,3,5,9-11H2. The fraction of sp³-hybridized carbons (Fsp3) is 0.294. The Morgan fingerprint density at radius 3 is 2.86 bits per heavy atom. The molecular formula is C17H18Cl2N2. The van der Waals surface area contributed by atoms with Gasteiger partial charge in [0.05, 0.1) is 10.7 Å². The average Bonchev–Trinajstić information content (AvgIpc) is 2.51. The van der Waals surface area contributed by atoms with Crippen molar-refractivity contribution in [3.05, 3.63) is 58.1 Å². The molecule has 0 saturated carbocycles. The fourth-order valence-corrected chi connectivity index (χ4v) is 3.16. The van der Waals surface area contributed by atoms with Crippen LogP contribution in [0.15, 0.2) is 42.5 Å². The first-order chi connectivity index (χ1) is 10.2. The molecule has 1 N–H and O–H groups in total. The van der Waals surface area contributed by atoms with E-state index in [1.54, 1.807) is 6.07 Å². The molecule has 0 aromatic heterocycles. The van der Waals surface area contributed by atoms with Gasteiger partial charge in [-0.1, -0.05) is 41.4 Å². The highest BCUT2D eigenvalue weighted by Gasteiger charge is 2.15. The van der Waals surface area contributed by atoms with Crippen LogP contribution in [0.2, 0.25) is 10.0 Å². The minimum atomic E-state index is 0.699. The Balaban J connectivity index is 1.63. The number of halogens is 2. The van der Waals surface area contributed by atoms with Crippen molar-refractivity contribution in [2.24, 2.45) is 0 Å². The summed E-state index contributed by atoms with van der Waals surface area (Å²) in [7, 11) is 0. The third-order valence-corrected chi connectivity index (χ3v) is 4.40. The molecule has 0 amide bonds. The molecule has 4 heteroatoms. The topological polar surface area (TPSA) is 15.3 Å². The van der Waals surface area contributed by atoms with E-state index in [0.29, 0.717) is 10.0 Å². The predicted octanol–water partition coefficient (Wildman–Crippen LogP) is 4.86. The summed E-state index contributed by atoms with van der Waals surface area (Å²) in [5.41, 5.74) is 3.71. The van der Waals surface area contributed by atoms with Crippen LogP contribution in [0.5, 0.6) is 0 Å². The van der Waals surface area contributed by atoms with Crippen molar-refractivity contribution >= 4 is 34.6 Å². The predicted molar refractivity (Wildman–Crippen MR) is 91.9 cm³/mol. The van der Waals surface area contributed by atoms with Crippen LogP contribution in [0.4, 0.5) is 11.4 Å². The lowest BCUT2D eigenvalue weighted by molar-refractivity contribution is 0.698. The highest BCUT2D eigenvalue weighted by molar-refractivity contribution is 6.35. The Morgan fingerprint density at radius 1 is 1.10 bits per heavy atom. The lowest BCUT2D eigenvalue weighted by atomic mass is 10.0. The van der Waals surface area contributed by atoms with Gasteiger partial charge >= 0.3 is 0 Å². The third-order valence-electron chi connectivity index (χ3n) is 3.83. The quantitative estimate of drug-likeness (QED) is 0.865. The summed E-state index contributed by atoms with van der Waals surface area (Å²) in [5, 5.41) is 4.78. The molecular weight excluding hydrogens is 303 g/mol. The lowest BCUT2D eigenvalue weighted by Gasteiger charge is -2.31. The number of nitrogens with zero attached hydrogens (tertiary/aromatic N) is 1. The van der Waals surface area contributed by atoms with Crippen molar-refractivity contribution in [1.29, 1.82) is 0 Å². The molecule has 21 heavy (non-hydrogen) atoms. The van der Waals surface area contributed by atoms with Gasteiger partial charge in [-0.3, -0.25) is 0 Å². The normalized spacial score (nSPS) is 13.9. The van der Waals surface area contributed by atoms with E-state index in [1.807, 2.05) is 12.1 Å². The molecule has 0 aliphatic carbocycles. The van der Waals surface area contributed by atoms with Crippen molar-refractivity contribution in [2.45, 2.75) is 12.8 Å². The van der Waals surface area contributed by atoms with E-state index in [9.17, 15) is 0 Å². The summed E-state index contributed by atoms with van der Waals surface area (Å²) in [5.74, 6) is 0. The molecule has 0 fully saturated rings. The molecule has 2 nitrogen and oxygen atoms in total. The van der Waals surface area contributed by atoms with Gasteiger partial charge in [0.1, 0.15) is 0 Å². The van der Waals surface area contributed by atoms with Crippen molar-refractivity contribution in [3.8, 4) is 0 Å². The first-order valence-electron chi connectivity index (χ1n) is 7.26. The van der Waals surface area contributed by atoms with E-state index in [0.717, 1.165) is 25.3 Å². The number of fused-ring (bicyclic) bond motifs is 1.